The first kappa shape index (κ1) is 11.4. The van der Waals surface area contributed by atoms with Crippen LogP contribution in [0.1, 0.15) is 58.3 Å². The Bertz CT molecular complexity index is 179. The van der Waals surface area contributed by atoms with Gasteiger partial charge >= 0.3 is 0 Å². The number of piperidine rings is 1. The van der Waals surface area contributed by atoms with E-state index in [-0.39, 0.29) is 0 Å². The van der Waals surface area contributed by atoms with Gasteiger partial charge in [-0.05, 0) is 58.0 Å². The molecule has 0 aliphatic carbocycles. The Morgan fingerprint density at radius 3 is 2.73 bits per heavy atom. The van der Waals surface area contributed by atoms with Crippen LogP contribution in [0.4, 0.5) is 0 Å². The smallest absolute Gasteiger partial charge is 0.0180 e. The highest BCUT2D eigenvalue weighted by Gasteiger charge is 2.31. The van der Waals surface area contributed by atoms with Gasteiger partial charge in [0.05, 0.1) is 0 Å². The van der Waals surface area contributed by atoms with Crippen molar-refractivity contribution in [2.45, 2.75) is 69.9 Å². The van der Waals surface area contributed by atoms with Crippen molar-refractivity contribution in [3.05, 3.63) is 0 Å². The lowest BCUT2D eigenvalue weighted by Crippen LogP contribution is -2.42. The minimum Gasteiger partial charge on any atom is -0.314 e. The first-order valence-corrected chi connectivity index (χ1v) is 6.83. The van der Waals surface area contributed by atoms with Crippen LogP contribution in [0.5, 0.6) is 0 Å². The Hall–Kier alpha value is -0.0800. The van der Waals surface area contributed by atoms with Gasteiger partial charge in [0.25, 0.3) is 0 Å². The quantitative estimate of drug-likeness (QED) is 0.745. The lowest BCUT2D eigenvalue weighted by Gasteiger charge is -2.31. The average molecular weight is 210 g/mol. The molecular formula is C13H26N2. The molecule has 2 N–H and O–H groups in total. The third-order valence-electron chi connectivity index (χ3n) is 4.39. The summed E-state index contributed by atoms with van der Waals surface area (Å²) in [4.78, 5) is 0. The maximum Gasteiger partial charge on any atom is 0.0180 e. The van der Waals surface area contributed by atoms with Gasteiger partial charge < -0.3 is 10.6 Å². The Balaban J connectivity index is 1.75. The van der Waals surface area contributed by atoms with E-state index < -0.39 is 0 Å². The van der Waals surface area contributed by atoms with Crippen molar-refractivity contribution in [1.82, 2.24) is 10.6 Å². The summed E-state index contributed by atoms with van der Waals surface area (Å²) in [6.45, 7) is 4.83. The molecule has 0 spiro atoms. The van der Waals surface area contributed by atoms with E-state index in [0.29, 0.717) is 5.54 Å². The highest BCUT2D eigenvalue weighted by Crippen LogP contribution is 2.29. The molecule has 2 rings (SSSR count). The molecule has 15 heavy (non-hydrogen) atoms. The molecule has 0 aromatic carbocycles. The normalized spacial score (nSPS) is 37.0. The van der Waals surface area contributed by atoms with Crippen molar-refractivity contribution in [3.63, 3.8) is 0 Å². The zero-order chi connectivity index (χ0) is 10.6. The Morgan fingerprint density at radius 1 is 1.20 bits per heavy atom. The van der Waals surface area contributed by atoms with Crippen LogP contribution in [-0.2, 0) is 0 Å². The third kappa shape index (κ3) is 2.94. The van der Waals surface area contributed by atoms with Crippen molar-refractivity contribution >= 4 is 0 Å². The molecule has 2 fully saturated rings. The molecule has 2 atom stereocenters. The molecule has 2 aliphatic rings. The second-order valence-corrected chi connectivity index (χ2v) is 5.35. The molecular weight excluding hydrogens is 184 g/mol. The zero-order valence-electron chi connectivity index (χ0n) is 10.1. The van der Waals surface area contributed by atoms with Gasteiger partial charge in [0, 0.05) is 11.6 Å². The molecule has 0 aromatic heterocycles. The summed E-state index contributed by atoms with van der Waals surface area (Å²) in [6.07, 6.45) is 11.1. The molecule has 0 aromatic rings. The van der Waals surface area contributed by atoms with Crippen LogP contribution in [0.2, 0.25) is 0 Å². The van der Waals surface area contributed by atoms with Crippen LogP contribution in [-0.4, -0.2) is 24.7 Å². The van der Waals surface area contributed by atoms with E-state index in [0.717, 1.165) is 6.04 Å². The van der Waals surface area contributed by atoms with E-state index in [1.165, 1.54) is 64.5 Å². The topological polar surface area (TPSA) is 24.1 Å². The van der Waals surface area contributed by atoms with Crippen LogP contribution in [0.25, 0.3) is 0 Å². The maximum atomic E-state index is 3.73. The molecule has 0 bridgehead atoms. The molecule has 2 nitrogen and oxygen atoms in total. The van der Waals surface area contributed by atoms with Crippen LogP contribution in [0.3, 0.4) is 0 Å². The van der Waals surface area contributed by atoms with Gasteiger partial charge in [-0.15, -0.1) is 0 Å². The monoisotopic (exact) mass is 210 g/mol. The Morgan fingerprint density at radius 2 is 2.13 bits per heavy atom. The number of hydrogen-bond donors (Lipinski definition) is 2. The lowest BCUT2D eigenvalue weighted by atomic mass is 9.86. The predicted octanol–water partition coefficient (Wildman–Crippen LogP) is 2.44. The number of nitrogens with one attached hydrogen (secondary N) is 2. The predicted molar refractivity (Wildman–Crippen MR) is 65.1 cm³/mol. The third-order valence-corrected chi connectivity index (χ3v) is 4.39. The molecule has 2 aliphatic heterocycles. The second kappa shape index (κ2) is 5.31. The van der Waals surface area contributed by atoms with Crippen LogP contribution in [0, 0.1) is 0 Å². The van der Waals surface area contributed by atoms with Crippen LogP contribution >= 0.6 is 0 Å². The van der Waals surface area contributed by atoms with E-state index >= 15 is 0 Å². The molecule has 2 unspecified atom stereocenters. The highest BCUT2D eigenvalue weighted by atomic mass is 15.0. The highest BCUT2D eigenvalue weighted by molar-refractivity contribution is 4.92. The molecule has 0 amide bonds. The van der Waals surface area contributed by atoms with Gasteiger partial charge in [-0.2, -0.15) is 0 Å². The first-order valence-electron chi connectivity index (χ1n) is 6.83. The minimum absolute atomic E-state index is 0.499. The lowest BCUT2D eigenvalue weighted by molar-refractivity contribution is 0.286. The van der Waals surface area contributed by atoms with Crippen LogP contribution < -0.4 is 10.6 Å². The first-order chi connectivity index (χ1) is 7.35. The van der Waals surface area contributed by atoms with Gasteiger partial charge in [-0.3, -0.25) is 0 Å². The maximum absolute atomic E-state index is 3.73. The van der Waals surface area contributed by atoms with E-state index in [4.69, 9.17) is 0 Å². The molecule has 0 radical (unpaired) electrons. The van der Waals surface area contributed by atoms with Gasteiger partial charge in [-0.1, -0.05) is 13.3 Å². The SMILES string of the molecule is CCC1(CCC2CCCCN2)CCCN1. The summed E-state index contributed by atoms with van der Waals surface area (Å²) in [5.41, 5.74) is 0.499. The minimum atomic E-state index is 0.499. The zero-order valence-corrected chi connectivity index (χ0v) is 10.1. The Kier molecular flexibility index (Phi) is 4.04. The summed E-state index contributed by atoms with van der Waals surface area (Å²) >= 11 is 0. The molecule has 88 valence electrons. The molecule has 0 saturated carbocycles. The van der Waals surface area contributed by atoms with Gasteiger partial charge in [0.1, 0.15) is 0 Å². The fraction of sp³-hybridized carbons (Fsp3) is 1.00. The van der Waals surface area contributed by atoms with Crippen molar-refractivity contribution < 1.29 is 0 Å². The molecule has 2 heterocycles. The summed E-state index contributed by atoms with van der Waals surface area (Å²) < 4.78 is 0. The largest absolute Gasteiger partial charge is 0.314 e. The second-order valence-electron chi connectivity index (χ2n) is 5.35. The summed E-state index contributed by atoms with van der Waals surface area (Å²) in [5, 5.41) is 7.39. The van der Waals surface area contributed by atoms with Crippen molar-refractivity contribution in [2.24, 2.45) is 0 Å². The van der Waals surface area contributed by atoms with Crippen molar-refractivity contribution in [2.75, 3.05) is 13.1 Å². The number of rotatable bonds is 4. The van der Waals surface area contributed by atoms with Gasteiger partial charge in [0.15, 0.2) is 0 Å². The van der Waals surface area contributed by atoms with Crippen molar-refractivity contribution in [3.8, 4) is 0 Å². The van der Waals surface area contributed by atoms with E-state index in [9.17, 15) is 0 Å². The summed E-state index contributed by atoms with van der Waals surface area (Å²) in [5.74, 6) is 0. The Labute approximate surface area is 94.2 Å². The molecule has 2 heteroatoms. The summed E-state index contributed by atoms with van der Waals surface area (Å²) in [6, 6.07) is 0.810. The summed E-state index contributed by atoms with van der Waals surface area (Å²) in [7, 11) is 0. The van der Waals surface area contributed by atoms with Crippen LogP contribution in [0.15, 0.2) is 0 Å². The van der Waals surface area contributed by atoms with Gasteiger partial charge in [0.2, 0.25) is 0 Å². The van der Waals surface area contributed by atoms with E-state index in [2.05, 4.69) is 17.6 Å². The number of hydrogen-bond acceptors (Lipinski definition) is 2. The van der Waals surface area contributed by atoms with E-state index in [1.807, 2.05) is 0 Å². The van der Waals surface area contributed by atoms with E-state index in [1.54, 1.807) is 0 Å². The fourth-order valence-corrected chi connectivity index (χ4v) is 3.18. The standard InChI is InChI=1S/C13H26N2/c1-2-13(8-5-11-15-13)9-7-12-6-3-4-10-14-12/h12,14-15H,2-11H2,1H3. The van der Waals surface area contributed by atoms with Gasteiger partial charge in [-0.25, -0.2) is 0 Å². The van der Waals surface area contributed by atoms with Crippen molar-refractivity contribution in [1.29, 1.82) is 0 Å². The fourth-order valence-electron chi connectivity index (χ4n) is 3.18. The average Bonchev–Trinajstić information content (AvgIpc) is 2.77. The molecule has 2 saturated heterocycles.